The van der Waals surface area contributed by atoms with Crippen LogP contribution in [0.15, 0.2) is 115 Å². The Hall–Kier alpha value is -5.76. The van der Waals surface area contributed by atoms with E-state index in [-0.39, 0.29) is 53.4 Å². The summed E-state index contributed by atoms with van der Waals surface area (Å²) >= 11 is 0. The van der Waals surface area contributed by atoms with Crippen molar-refractivity contribution in [3.05, 3.63) is 143 Å². The van der Waals surface area contributed by atoms with Gasteiger partial charge in [0, 0.05) is 11.6 Å². The average molecular weight is 647 g/mol. The van der Waals surface area contributed by atoms with Gasteiger partial charge in [-0.1, -0.05) is 91.0 Å². The third-order valence-corrected chi connectivity index (χ3v) is 7.32. The normalized spacial score (nSPS) is 10.8. The Bertz CT molecular complexity index is 1820. The smallest absolute Gasteiger partial charge is 0.204 e. The van der Waals surface area contributed by atoms with E-state index in [0.717, 1.165) is 16.7 Å². The molecule has 246 valence electrons. The van der Waals surface area contributed by atoms with Crippen LogP contribution in [-0.4, -0.2) is 29.9 Å². The fourth-order valence-corrected chi connectivity index (χ4v) is 4.98. The minimum absolute atomic E-state index is 0.00454. The van der Waals surface area contributed by atoms with Crippen molar-refractivity contribution in [3.63, 3.8) is 0 Å². The number of aromatic hydroxyl groups is 1. The lowest BCUT2D eigenvalue weighted by molar-refractivity contribution is 0.0889. The van der Waals surface area contributed by atoms with Gasteiger partial charge >= 0.3 is 0 Å². The Morgan fingerprint density at radius 2 is 1.10 bits per heavy atom. The molecule has 0 aromatic heterocycles. The Morgan fingerprint density at radius 3 is 1.60 bits per heavy atom. The van der Waals surface area contributed by atoms with E-state index in [9.17, 15) is 14.7 Å². The maximum Gasteiger partial charge on any atom is 0.204 e. The lowest BCUT2D eigenvalue weighted by Crippen LogP contribution is -2.15. The first-order valence-corrected chi connectivity index (χ1v) is 15.6. The van der Waals surface area contributed by atoms with Crippen molar-refractivity contribution in [2.24, 2.45) is 0 Å². The molecule has 0 atom stereocenters. The van der Waals surface area contributed by atoms with E-state index in [1.54, 1.807) is 32.0 Å². The predicted molar refractivity (Wildman–Crippen MR) is 182 cm³/mol. The van der Waals surface area contributed by atoms with Crippen molar-refractivity contribution >= 4 is 11.6 Å². The third kappa shape index (κ3) is 8.73. The van der Waals surface area contributed by atoms with Crippen LogP contribution in [0.1, 0.15) is 57.7 Å². The van der Waals surface area contributed by atoms with Crippen LogP contribution in [0.4, 0.5) is 0 Å². The molecule has 0 aliphatic carbocycles. The molecule has 0 fully saturated rings. The molecule has 0 bridgehead atoms. The first-order valence-electron chi connectivity index (χ1n) is 15.6. The van der Waals surface area contributed by atoms with E-state index >= 15 is 0 Å². The highest BCUT2D eigenvalue weighted by Gasteiger charge is 2.29. The number of ketones is 2. The summed E-state index contributed by atoms with van der Waals surface area (Å²) in [5.74, 6) is -0.336. The fourth-order valence-electron chi connectivity index (χ4n) is 4.98. The van der Waals surface area contributed by atoms with E-state index in [1.165, 1.54) is 13.2 Å². The van der Waals surface area contributed by atoms with Gasteiger partial charge in [-0.15, -0.1) is 0 Å². The molecule has 8 heteroatoms. The van der Waals surface area contributed by atoms with Crippen molar-refractivity contribution in [1.29, 1.82) is 0 Å². The van der Waals surface area contributed by atoms with Gasteiger partial charge in [-0.2, -0.15) is 0 Å². The van der Waals surface area contributed by atoms with Crippen molar-refractivity contribution < 1.29 is 38.4 Å². The van der Waals surface area contributed by atoms with Crippen LogP contribution in [0, 0.1) is 0 Å². The molecule has 48 heavy (non-hydrogen) atoms. The summed E-state index contributed by atoms with van der Waals surface area (Å²) in [4.78, 5) is 27.3. The Labute approximate surface area is 280 Å². The topological polar surface area (TPSA) is 101 Å². The van der Waals surface area contributed by atoms with Gasteiger partial charge in [-0.05, 0) is 48.7 Å². The lowest BCUT2D eigenvalue weighted by atomic mass is 9.99. The molecule has 0 amide bonds. The summed E-state index contributed by atoms with van der Waals surface area (Å²) in [6, 6.07) is 35.0. The van der Waals surface area contributed by atoms with E-state index in [0.29, 0.717) is 18.1 Å². The largest absolute Gasteiger partial charge is 0.507 e. The number of rotatable bonds is 16. The minimum Gasteiger partial charge on any atom is -0.507 e. The van der Waals surface area contributed by atoms with E-state index < -0.39 is 18.0 Å². The summed E-state index contributed by atoms with van der Waals surface area (Å²) in [6.07, 6.45) is -0.921. The highest BCUT2D eigenvalue weighted by atomic mass is 16.5. The monoisotopic (exact) mass is 646 g/mol. The number of Topliss-reactive ketones (excluding diaryl/α,β-unsaturated/α-hetero) is 2. The summed E-state index contributed by atoms with van der Waals surface area (Å²) in [7, 11) is 1.42. The molecule has 5 rings (SSSR count). The Kier molecular flexibility index (Phi) is 11.3. The lowest BCUT2D eigenvalue weighted by Gasteiger charge is -2.21. The second-order valence-electron chi connectivity index (χ2n) is 11.3. The predicted octanol–water partition coefficient (Wildman–Crippen LogP) is 8.38. The highest BCUT2D eigenvalue weighted by Crippen LogP contribution is 2.46. The van der Waals surface area contributed by atoms with Crippen LogP contribution in [0.25, 0.3) is 0 Å². The molecule has 0 spiro atoms. The van der Waals surface area contributed by atoms with Gasteiger partial charge in [0.25, 0.3) is 0 Å². The second kappa shape index (κ2) is 16.2. The van der Waals surface area contributed by atoms with Gasteiger partial charge in [0.05, 0.1) is 19.6 Å². The summed E-state index contributed by atoms with van der Waals surface area (Å²) in [5, 5.41) is 11.1. The first-order chi connectivity index (χ1) is 23.3. The molecule has 0 radical (unpaired) electrons. The van der Waals surface area contributed by atoms with E-state index in [2.05, 4.69) is 0 Å². The van der Waals surface area contributed by atoms with Gasteiger partial charge in [0.1, 0.15) is 31.1 Å². The van der Waals surface area contributed by atoms with Gasteiger partial charge < -0.3 is 28.8 Å². The van der Waals surface area contributed by atoms with Gasteiger partial charge in [0.2, 0.25) is 5.75 Å². The molecule has 8 nitrogen and oxygen atoms in total. The maximum atomic E-state index is 13.7. The van der Waals surface area contributed by atoms with Crippen LogP contribution in [0.5, 0.6) is 34.5 Å². The minimum atomic E-state index is -0.641. The van der Waals surface area contributed by atoms with Gasteiger partial charge in [0.15, 0.2) is 34.6 Å². The number of methoxy groups -OCH3 is 1. The van der Waals surface area contributed by atoms with E-state index in [1.807, 2.05) is 91.0 Å². The number of ether oxygens (including phenoxy) is 5. The summed E-state index contributed by atoms with van der Waals surface area (Å²) < 4.78 is 29.8. The number of hydrogen-bond acceptors (Lipinski definition) is 8. The van der Waals surface area contributed by atoms with E-state index in [4.69, 9.17) is 23.7 Å². The fraction of sp³-hybridized carbons (Fsp3) is 0.200. The molecule has 0 saturated carbocycles. The molecule has 5 aromatic carbocycles. The van der Waals surface area contributed by atoms with Gasteiger partial charge in [-0.25, -0.2) is 0 Å². The van der Waals surface area contributed by atoms with Crippen LogP contribution in [0.3, 0.4) is 0 Å². The number of phenolic OH excluding ortho intramolecular Hbond substituents is 1. The molecular formula is C40H38O8. The molecule has 0 heterocycles. The zero-order valence-corrected chi connectivity index (χ0v) is 27.2. The molecule has 0 aliphatic heterocycles. The standard InChI is InChI=1S/C40H38O8/c1-27(2)48-40-38(34(43)23-37(39(40)44-3)47-26-30-17-11-6-12-18-30)33(42)22-32(41)31-19-20-35(45-24-28-13-7-4-8-14-28)36(21-31)46-25-29-15-9-5-10-16-29/h4-21,23,27,43H,22,24-26H2,1-3H3. The molecular weight excluding hydrogens is 608 g/mol. The van der Waals surface area contributed by atoms with Crippen molar-refractivity contribution in [1.82, 2.24) is 0 Å². The first kappa shape index (κ1) is 33.6. The number of phenols is 1. The van der Waals surface area contributed by atoms with Crippen molar-refractivity contribution in [2.45, 2.75) is 46.2 Å². The SMILES string of the molecule is COc1c(OCc2ccccc2)cc(O)c(C(=O)CC(=O)c2ccc(OCc3ccccc3)c(OCc3ccccc3)c2)c1OC(C)C. The number of benzene rings is 5. The number of carbonyl (C=O) groups excluding carboxylic acids is 2. The zero-order chi connectivity index (χ0) is 33.9. The van der Waals surface area contributed by atoms with Gasteiger partial charge in [-0.3, -0.25) is 9.59 Å². The van der Waals surface area contributed by atoms with Crippen molar-refractivity contribution in [3.8, 4) is 34.5 Å². The molecule has 0 saturated heterocycles. The third-order valence-electron chi connectivity index (χ3n) is 7.32. The molecule has 1 N–H and O–H groups in total. The number of carbonyl (C=O) groups is 2. The Balaban J connectivity index is 1.39. The second-order valence-corrected chi connectivity index (χ2v) is 11.3. The number of hydrogen-bond donors (Lipinski definition) is 1. The summed E-state index contributed by atoms with van der Waals surface area (Å²) in [5.41, 5.74) is 2.91. The highest BCUT2D eigenvalue weighted by molar-refractivity contribution is 6.16. The average Bonchev–Trinajstić information content (AvgIpc) is 3.10. The summed E-state index contributed by atoms with van der Waals surface area (Å²) in [6.45, 7) is 4.32. The maximum absolute atomic E-state index is 13.7. The van der Waals surface area contributed by atoms with Crippen molar-refractivity contribution in [2.75, 3.05) is 7.11 Å². The van der Waals surface area contributed by atoms with Crippen LogP contribution in [0.2, 0.25) is 0 Å². The molecule has 0 unspecified atom stereocenters. The van der Waals surface area contributed by atoms with Crippen LogP contribution in [-0.2, 0) is 19.8 Å². The van der Waals surface area contributed by atoms with Crippen LogP contribution >= 0.6 is 0 Å². The quantitative estimate of drug-likeness (QED) is 0.0843. The molecule has 0 aliphatic rings. The van der Waals surface area contributed by atoms with Crippen LogP contribution < -0.4 is 23.7 Å². The zero-order valence-electron chi connectivity index (χ0n) is 27.2. The molecule has 5 aromatic rings. The Morgan fingerprint density at radius 1 is 0.604 bits per heavy atom.